The molecular formula is C18H31N3O4. The van der Waals surface area contributed by atoms with Gasteiger partial charge in [0, 0.05) is 52.0 Å². The maximum Gasteiger partial charge on any atom is 0.410 e. The van der Waals surface area contributed by atoms with E-state index in [9.17, 15) is 9.59 Å². The summed E-state index contributed by atoms with van der Waals surface area (Å²) in [6, 6.07) is 0.237. The van der Waals surface area contributed by atoms with E-state index in [1.165, 1.54) is 7.11 Å². The van der Waals surface area contributed by atoms with Crippen molar-refractivity contribution in [1.82, 2.24) is 14.7 Å². The maximum absolute atomic E-state index is 13.1. The van der Waals surface area contributed by atoms with E-state index in [-0.39, 0.29) is 18.0 Å². The van der Waals surface area contributed by atoms with Crippen LogP contribution in [0.5, 0.6) is 0 Å². The first kappa shape index (κ1) is 18.5. The average molecular weight is 353 g/mol. The van der Waals surface area contributed by atoms with Crippen molar-refractivity contribution in [3.63, 3.8) is 0 Å². The Kier molecular flexibility index (Phi) is 6.53. The van der Waals surface area contributed by atoms with Crippen LogP contribution in [0.25, 0.3) is 0 Å². The molecule has 0 N–H and O–H groups in total. The van der Waals surface area contributed by atoms with Crippen molar-refractivity contribution in [3.05, 3.63) is 0 Å². The summed E-state index contributed by atoms with van der Waals surface area (Å²) in [6.07, 6.45) is 5.47. The van der Waals surface area contributed by atoms with Crippen LogP contribution >= 0.6 is 0 Å². The van der Waals surface area contributed by atoms with Crippen LogP contribution in [0.3, 0.4) is 0 Å². The Balaban J connectivity index is 1.59. The lowest BCUT2D eigenvalue weighted by Crippen LogP contribution is -2.53. The van der Waals surface area contributed by atoms with Crippen LogP contribution in [0.2, 0.25) is 0 Å². The highest BCUT2D eigenvalue weighted by molar-refractivity contribution is 5.86. The summed E-state index contributed by atoms with van der Waals surface area (Å²) in [7, 11) is 1.39. The first-order valence-electron chi connectivity index (χ1n) is 9.66. The van der Waals surface area contributed by atoms with Gasteiger partial charge in [0.1, 0.15) is 6.04 Å². The zero-order chi connectivity index (χ0) is 17.6. The highest BCUT2D eigenvalue weighted by Gasteiger charge is 2.36. The molecular weight excluding hydrogens is 322 g/mol. The number of nitrogens with zero attached hydrogens (tertiary/aromatic N) is 3. The molecule has 7 nitrogen and oxygen atoms in total. The Morgan fingerprint density at radius 2 is 1.72 bits per heavy atom. The van der Waals surface area contributed by atoms with Crippen LogP contribution in [-0.2, 0) is 14.3 Å². The van der Waals surface area contributed by atoms with Crippen molar-refractivity contribution < 1.29 is 19.1 Å². The minimum Gasteiger partial charge on any atom is -0.453 e. The van der Waals surface area contributed by atoms with Gasteiger partial charge in [-0.25, -0.2) is 4.79 Å². The molecule has 3 saturated heterocycles. The van der Waals surface area contributed by atoms with Gasteiger partial charge in [0.05, 0.1) is 7.11 Å². The Morgan fingerprint density at radius 1 is 0.920 bits per heavy atom. The highest BCUT2D eigenvalue weighted by Crippen LogP contribution is 2.22. The fraction of sp³-hybridized carbons (Fsp3) is 0.889. The molecule has 1 atom stereocenters. The van der Waals surface area contributed by atoms with Gasteiger partial charge in [-0.05, 0) is 38.5 Å². The van der Waals surface area contributed by atoms with Crippen LogP contribution in [0.15, 0.2) is 0 Å². The molecule has 25 heavy (non-hydrogen) atoms. The second kappa shape index (κ2) is 8.85. The Labute approximate surface area is 150 Å². The third-order valence-electron chi connectivity index (χ3n) is 5.75. The third-order valence-corrected chi connectivity index (χ3v) is 5.75. The first-order chi connectivity index (χ1) is 12.2. The molecule has 0 aromatic rings. The molecule has 2 amide bonds. The van der Waals surface area contributed by atoms with Crippen LogP contribution in [-0.4, -0.2) is 91.8 Å². The molecule has 3 rings (SSSR count). The number of ether oxygens (including phenoxy) is 2. The molecule has 3 aliphatic heterocycles. The molecule has 0 spiro atoms. The van der Waals surface area contributed by atoms with E-state index in [1.807, 2.05) is 4.90 Å². The number of carbonyl (C=O) groups is 2. The summed E-state index contributed by atoms with van der Waals surface area (Å²) >= 11 is 0. The first-order valence-corrected chi connectivity index (χ1v) is 9.66. The van der Waals surface area contributed by atoms with Gasteiger partial charge in [0.15, 0.2) is 0 Å². The minimum atomic E-state index is -0.378. The fourth-order valence-corrected chi connectivity index (χ4v) is 4.31. The number of piperidine rings is 1. The topological polar surface area (TPSA) is 62.3 Å². The maximum atomic E-state index is 13.1. The second-order valence-corrected chi connectivity index (χ2v) is 7.23. The summed E-state index contributed by atoms with van der Waals surface area (Å²) < 4.78 is 10.3. The smallest absolute Gasteiger partial charge is 0.410 e. The lowest BCUT2D eigenvalue weighted by atomic mass is 10.0. The minimum absolute atomic E-state index is 0.0962. The lowest BCUT2D eigenvalue weighted by Gasteiger charge is -2.36. The zero-order valence-electron chi connectivity index (χ0n) is 15.3. The Hall–Kier alpha value is -1.34. The molecule has 0 bridgehead atoms. The summed E-state index contributed by atoms with van der Waals surface area (Å²) in [6.45, 7) is 5.80. The van der Waals surface area contributed by atoms with Crippen molar-refractivity contribution in [2.45, 2.75) is 50.6 Å². The highest BCUT2D eigenvalue weighted by atomic mass is 16.5. The van der Waals surface area contributed by atoms with Gasteiger partial charge in [-0.2, -0.15) is 0 Å². The van der Waals surface area contributed by atoms with Crippen molar-refractivity contribution in [2.75, 3.05) is 53.0 Å². The van der Waals surface area contributed by atoms with Crippen LogP contribution in [0, 0.1) is 0 Å². The molecule has 3 heterocycles. The van der Waals surface area contributed by atoms with Crippen LogP contribution in [0.4, 0.5) is 4.79 Å². The van der Waals surface area contributed by atoms with E-state index in [0.29, 0.717) is 12.6 Å². The van der Waals surface area contributed by atoms with E-state index in [2.05, 4.69) is 4.90 Å². The molecule has 3 fully saturated rings. The molecule has 142 valence electrons. The van der Waals surface area contributed by atoms with Crippen molar-refractivity contribution >= 4 is 12.0 Å². The number of methoxy groups -OCH3 is 1. The van der Waals surface area contributed by atoms with E-state index >= 15 is 0 Å². The summed E-state index contributed by atoms with van der Waals surface area (Å²) in [5.74, 6) is 0.0962. The monoisotopic (exact) mass is 353 g/mol. The number of carbonyl (C=O) groups excluding carboxylic acids is 2. The predicted octanol–water partition coefficient (Wildman–Crippen LogP) is 1.32. The molecule has 3 aliphatic rings. The van der Waals surface area contributed by atoms with E-state index < -0.39 is 0 Å². The molecule has 0 aliphatic carbocycles. The van der Waals surface area contributed by atoms with Gasteiger partial charge in [-0.1, -0.05) is 0 Å². The molecule has 0 radical (unpaired) electrons. The third kappa shape index (κ3) is 4.44. The number of likely N-dealkylation sites (tertiary alicyclic amines) is 1. The standard InChI is InChI=1S/C18H31N3O4/c1-24-18(23)21-10-3-2-5-16(21)17(22)20-9-4-8-19(11-12-20)15-6-13-25-14-7-15/h15-16H,2-14H2,1H3. The zero-order valence-corrected chi connectivity index (χ0v) is 15.3. The predicted molar refractivity (Wildman–Crippen MR) is 93.4 cm³/mol. The van der Waals surface area contributed by atoms with Crippen molar-refractivity contribution in [2.24, 2.45) is 0 Å². The molecule has 0 saturated carbocycles. The van der Waals surface area contributed by atoms with Crippen molar-refractivity contribution in [3.8, 4) is 0 Å². The van der Waals surface area contributed by atoms with E-state index in [4.69, 9.17) is 9.47 Å². The lowest BCUT2D eigenvalue weighted by molar-refractivity contribution is -0.137. The SMILES string of the molecule is COC(=O)N1CCCCC1C(=O)N1CCCN(C2CCOCC2)CC1. The summed E-state index contributed by atoms with van der Waals surface area (Å²) in [4.78, 5) is 31.2. The molecule has 0 aromatic heterocycles. The number of rotatable bonds is 2. The van der Waals surface area contributed by atoms with Crippen molar-refractivity contribution in [1.29, 1.82) is 0 Å². The Morgan fingerprint density at radius 3 is 2.48 bits per heavy atom. The van der Waals surface area contributed by atoms with E-state index in [0.717, 1.165) is 77.9 Å². The van der Waals surface area contributed by atoms with Crippen LogP contribution in [0.1, 0.15) is 38.5 Å². The number of amides is 2. The quantitative estimate of drug-likeness (QED) is 0.749. The average Bonchev–Trinajstić information content (AvgIpc) is 2.94. The van der Waals surface area contributed by atoms with Gasteiger partial charge >= 0.3 is 6.09 Å². The second-order valence-electron chi connectivity index (χ2n) is 7.23. The number of hydrogen-bond donors (Lipinski definition) is 0. The van der Waals surface area contributed by atoms with Gasteiger partial charge in [-0.15, -0.1) is 0 Å². The van der Waals surface area contributed by atoms with Gasteiger partial charge in [0.2, 0.25) is 5.91 Å². The largest absolute Gasteiger partial charge is 0.453 e. The summed E-state index contributed by atoms with van der Waals surface area (Å²) in [5, 5.41) is 0. The van der Waals surface area contributed by atoms with Gasteiger partial charge < -0.3 is 14.4 Å². The van der Waals surface area contributed by atoms with Crippen LogP contribution < -0.4 is 0 Å². The van der Waals surface area contributed by atoms with Gasteiger partial charge in [-0.3, -0.25) is 14.6 Å². The van der Waals surface area contributed by atoms with E-state index in [1.54, 1.807) is 4.90 Å². The summed E-state index contributed by atoms with van der Waals surface area (Å²) in [5.41, 5.74) is 0. The molecule has 0 aromatic carbocycles. The number of hydrogen-bond acceptors (Lipinski definition) is 5. The normalized spacial score (nSPS) is 27.0. The Bertz CT molecular complexity index is 467. The fourth-order valence-electron chi connectivity index (χ4n) is 4.31. The molecule has 7 heteroatoms. The molecule has 1 unspecified atom stereocenters. The van der Waals surface area contributed by atoms with Gasteiger partial charge in [0.25, 0.3) is 0 Å².